The molecule has 14 nitrogen and oxygen atoms in total. The molecule has 68 heavy (non-hydrogen) atoms. The van der Waals surface area contributed by atoms with E-state index in [-0.39, 0.29) is 55.2 Å². The maximum atomic E-state index is 14.5. The molecule has 0 spiro atoms. The van der Waals surface area contributed by atoms with Crippen LogP contribution < -0.4 is 26.6 Å². The molecule has 1 fully saturated rings. The van der Waals surface area contributed by atoms with Crippen molar-refractivity contribution in [2.75, 3.05) is 19.7 Å². The summed E-state index contributed by atoms with van der Waals surface area (Å²) < 4.78 is 11.2. The van der Waals surface area contributed by atoms with Crippen LogP contribution in [0.3, 0.4) is 0 Å². The first-order valence-electron chi connectivity index (χ1n) is 24.3. The molecular weight excluding hydrogens is 861 g/mol. The number of alkyl carbamates (subject to hydrolysis) is 2. The lowest BCUT2D eigenvalue weighted by Gasteiger charge is -2.30. The minimum absolute atomic E-state index is 0.0818. The summed E-state index contributed by atoms with van der Waals surface area (Å²) in [6, 6.07) is 22.5. The van der Waals surface area contributed by atoms with E-state index in [1.54, 1.807) is 25.7 Å². The van der Waals surface area contributed by atoms with Crippen molar-refractivity contribution < 1.29 is 38.2 Å². The van der Waals surface area contributed by atoms with Crippen LogP contribution in [0.25, 0.3) is 11.1 Å². The summed E-state index contributed by atoms with van der Waals surface area (Å²) in [6.07, 6.45) is 5.12. The minimum Gasteiger partial charge on any atom is -0.449 e. The maximum Gasteiger partial charge on any atom is 0.408 e. The lowest BCUT2D eigenvalue weighted by atomic mass is 9.94. The van der Waals surface area contributed by atoms with Crippen LogP contribution in [0.4, 0.5) is 9.59 Å². The summed E-state index contributed by atoms with van der Waals surface area (Å²) in [5, 5.41) is 14.4. The first kappa shape index (κ1) is 52.8. The fourth-order valence-electron chi connectivity index (χ4n) is 8.89. The van der Waals surface area contributed by atoms with E-state index < -0.39 is 59.7 Å². The number of hydrogen-bond donors (Lipinski definition) is 5. The van der Waals surface area contributed by atoms with Gasteiger partial charge < -0.3 is 41.0 Å². The average molecular weight is 935 g/mol. The number of fused-ring (bicyclic) bond motifs is 3. The Morgan fingerprint density at radius 1 is 0.750 bits per heavy atom. The van der Waals surface area contributed by atoms with E-state index in [2.05, 4.69) is 64.7 Å². The summed E-state index contributed by atoms with van der Waals surface area (Å²) in [7, 11) is 0. The summed E-state index contributed by atoms with van der Waals surface area (Å²) >= 11 is 0. The molecule has 1 aliphatic carbocycles. The van der Waals surface area contributed by atoms with E-state index in [1.165, 1.54) is 0 Å². The molecule has 4 unspecified atom stereocenters. The standard InChI is InChI=1S/C54H74N6O8/c1-34(2)31-39(57-53(66)68-54(7,8)9)28-27-38(32-37-19-11-10-12-20-37)51(64)60-30-18-26-46(60)49(62)59-47(35(3)4)50(63)58-45(48(61)56-36(5)6)25-17-29-55-52(65)67-33-44-42-23-15-13-21-40(42)41-22-14-16-24-43(41)44/h10-16,19-24,27-28,34-36,38-39,44-47H,17-18,25-26,29-33H2,1-9H3,(H,55,65)(H,56,61)(H,57,66)(H,58,63)(H,59,62)/b28-27+/t38?,39?,45?,46-,47?/m0/s1. The third kappa shape index (κ3) is 15.4. The number of nitrogens with one attached hydrogen (secondary N) is 5. The quantitative estimate of drug-likeness (QED) is 0.0530. The van der Waals surface area contributed by atoms with Crippen molar-refractivity contribution in [3.63, 3.8) is 0 Å². The molecule has 14 heteroatoms. The fourth-order valence-corrected chi connectivity index (χ4v) is 8.89. The lowest BCUT2D eigenvalue weighted by molar-refractivity contribution is -0.141. The van der Waals surface area contributed by atoms with Crippen LogP contribution in [0, 0.1) is 17.8 Å². The van der Waals surface area contributed by atoms with Crippen LogP contribution in [0.15, 0.2) is 91.0 Å². The molecule has 1 saturated heterocycles. The Kier molecular flexibility index (Phi) is 19.2. The highest BCUT2D eigenvalue weighted by molar-refractivity contribution is 5.95. The minimum atomic E-state index is -1.01. The first-order valence-corrected chi connectivity index (χ1v) is 24.3. The highest BCUT2D eigenvalue weighted by Crippen LogP contribution is 2.44. The van der Waals surface area contributed by atoms with Gasteiger partial charge in [0.25, 0.3) is 0 Å². The van der Waals surface area contributed by atoms with Crippen LogP contribution in [-0.4, -0.2) is 96.2 Å². The van der Waals surface area contributed by atoms with E-state index in [0.29, 0.717) is 38.6 Å². The highest BCUT2D eigenvalue weighted by atomic mass is 16.6. The zero-order valence-electron chi connectivity index (χ0n) is 41.4. The van der Waals surface area contributed by atoms with E-state index in [0.717, 1.165) is 27.8 Å². The molecule has 0 radical (unpaired) electrons. The van der Waals surface area contributed by atoms with Crippen molar-refractivity contribution in [3.05, 3.63) is 108 Å². The molecular formula is C54H74N6O8. The van der Waals surface area contributed by atoms with Crippen LogP contribution >= 0.6 is 0 Å². The van der Waals surface area contributed by atoms with Gasteiger partial charge in [0.1, 0.15) is 30.3 Å². The Labute approximate surface area is 403 Å². The Morgan fingerprint density at radius 3 is 1.99 bits per heavy atom. The molecule has 6 amide bonds. The number of nitrogens with zero attached hydrogens (tertiary/aromatic N) is 1. The van der Waals surface area contributed by atoms with Gasteiger partial charge in [-0.25, -0.2) is 9.59 Å². The predicted molar refractivity (Wildman–Crippen MR) is 264 cm³/mol. The molecule has 0 aromatic heterocycles. The monoisotopic (exact) mass is 935 g/mol. The van der Waals surface area contributed by atoms with Crippen molar-refractivity contribution in [1.29, 1.82) is 0 Å². The Morgan fingerprint density at radius 2 is 1.38 bits per heavy atom. The van der Waals surface area contributed by atoms with Crippen molar-refractivity contribution in [2.45, 2.75) is 143 Å². The molecule has 3 aromatic rings. The molecule has 368 valence electrons. The predicted octanol–water partition coefficient (Wildman–Crippen LogP) is 7.80. The highest BCUT2D eigenvalue weighted by Gasteiger charge is 2.39. The Balaban J connectivity index is 1.21. The van der Waals surface area contributed by atoms with Gasteiger partial charge in [-0.3, -0.25) is 19.2 Å². The smallest absolute Gasteiger partial charge is 0.408 e. The number of carbonyl (C=O) groups is 6. The van der Waals surface area contributed by atoms with Crippen molar-refractivity contribution >= 4 is 35.8 Å². The van der Waals surface area contributed by atoms with Gasteiger partial charge in [0.15, 0.2) is 0 Å². The summed E-state index contributed by atoms with van der Waals surface area (Å²) in [4.78, 5) is 83.5. The second-order valence-electron chi connectivity index (χ2n) is 20.1. The third-order valence-corrected chi connectivity index (χ3v) is 12.1. The second-order valence-corrected chi connectivity index (χ2v) is 20.1. The van der Waals surface area contributed by atoms with Crippen molar-refractivity contribution in [3.8, 4) is 11.1 Å². The summed E-state index contributed by atoms with van der Waals surface area (Å²) in [5.74, 6) is -2.46. The largest absolute Gasteiger partial charge is 0.449 e. The molecule has 0 saturated carbocycles. The van der Waals surface area contributed by atoms with E-state index in [9.17, 15) is 28.8 Å². The van der Waals surface area contributed by atoms with Crippen LogP contribution in [0.2, 0.25) is 0 Å². The number of likely N-dealkylation sites (tertiary alicyclic amines) is 1. The van der Waals surface area contributed by atoms with Gasteiger partial charge >= 0.3 is 12.2 Å². The van der Waals surface area contributed by atoms with Gasteiger partial charge in [-0.05, 0) is 113 Å². The molecule has 2 aliphatic rings. The molecule has 0 bridgehead atoms. The zero-order valence-corrected chi connectivity index (χ0v) is 41.4. The molecule has 1 heterocycles. The number of hydrogen-bond acceptors (Lipinski definition) is 8. The molecule has 1 aliphatic heterocycles. The molecule has 3 aromatic carbocycles. The average Bonchev–Trinajstić information content (AvgIpc) is 3.89. The SMILES string of the molecule is CC(C)CC(/C=C/C(Cc1ccccc1)C(=O)N1CCC[C@H]1C(=O)NC(C(=O)NC(CCCNC(=O)OCC1c2ccccc2-c2ccccc21)C(=O)NC(C)C)C(C)C)NC(=O)OC(C)(C)C. The summed E-state index contributed by atoms with van der Waals surface area (Å²) in [6.45, 7) is 17.5. The molecule has 5 atom stereocenters. The second kappa shape index (κ2) is 24.7. The van der Waals surface area contributed by atoms with Gasteiger partial charge in [-0.2, -0.15) is 0 Å². The fraction of sp³-hybridized carbons (Fsp3) is 0.519. The van der Waals surface area contributed by atoms with Gasteiger partial charge in [-0.1, -0.05) is 119 Å². The molecule has 5 N–H and O–H groups in total. The number of rotatable bonds is 21. The third-order valence-electron chi connectivity index (χ3n) is 12.1. The maximum absolute atomic E-state index is 14.5. The number of carbonyl (C=O) groups excluding carboxylic acids is 6. The van der Waals surface area contributed by atoms with E-state index >= 15 is 0 Å². The van der Waals surface area contributed by atoms with E-state index in [4.69, 9.17) is 9.47 Å². The van der Waals surface area contributed by atoms with Gasteiger partial charge in [-0.15, -0.1) is 0 Å². The Bertz CT molecular complexity index is 2170. The number of ether oxygens (including phenoxy) is 2. The van der Waals surface area contributed by atoms with Crippen LogP contribution in [-0.2, 0) is 35.1 Å². The summed E-state index contributed by atoms with van der Waals surface area (Å²) in [5.41, 5.74) is 4.75. The van der Waals surface area contributed by atoms with Crippen molar-refractivity contribution in [2.24, 2.45) is 17.8 Å². The van der Waals surface area contributed by atoms with E-state index in [1.807, 2.05) is 94.4 Å². The van der Waals surface area contributed by atoms with Gasteiger partial charge in [0, 0.05) is 25.0 Å². The normalized spacial score (nSPS) is 16.4. The van der Waals surface area contributed by atoms with Crippen LogP contribution in [0.5, 0.6) is 0 Å². The van der Waals surface area contributed by atoms with Gasteiger partial charge in [0.05, 0.1) is 12.0 Å². The topological polar surface area (TPSA) is 184 Å². The Hall–Kier alpha value is -6.18. The number of benzene rings is 3. The van der Waals surface area contributed by atoms with Crippen LogP contribution in [0.1, 0.15) is 117 Å². The molecule has 5 rings (SSSR count). The zero-order chi connectivity index (χ0) is 49.5. The number of amides is 6. The van der Waals surface area contributed by atoms with Crippen molar-refractivity contribution in [1.82, 2.24) is 31.5 Å². The first-order chi connectivity index (χ1) is 32.3. The lowest BCUT2D eigenvalue weighted by Crippen LogP contribution is -2.58. The van der Waals surface area contributed by atoms with Gasteiger partial charge in [0.2, 0.25) is 23.6 Å².